The van der Waals surface area contributed by atoms with Gasteiger partial charge in [-0.15, -0.1) is 0 Å². The van der Waals surface area contributed by atoms with Gasteiger partial charge in [0.15, 0.2) is 23.9 Å². The number of Topliss-reactive ketones (excluding diaryl/α,β-unsaturated/α-hetero) is 1. The maximum Gasteiger partial charge on any atom is 0.338 e. The monoisotopic (exact) mass is 425 g/mol. The fraction of sp³-hybridized carbons (Fsp3) is 0.375. The third kappa shape index (κ3) is 5.23. The Bertz CT molecular complexity index is 984. The number of benzene rings is 2. The van der Waals surface area contributed by atoms with Gasteiger partial charge < -0.3 is 19.5 Å². The highest BCUT2D eigenvalue weighted by Gasteiger charge is 2.27. The molecule has 7 heteroatoms. The van der Waals surface area contributed by atoms with Gasteiger partial charge in [-0.1, -0.05) is 13.8 Å². The van der Waals surface area contributed by atoms with Crippen LogP contribution in [0.15, 0.2) is 36.4 Å². The lowest BCUT2D eigenvalue weighted by Crippen LogP contribution is -2.15. The molecule has 0 aliphatic carbocycles. The highest BCUT2D eigenvalue weighted by Crippen LogP contribution is 2.33. The van der Waals surface area contributed by atoms with E-state index in [1.165, 1.54) is 0 Å². The molecule has 1 atom stereocenters. The summed E-state index contributed by atoms with van der Waals surface area (Å²) < 4.78 is 16.6. The zero-order chi connectivity index (χ0) is 22.4. The Morgan fingerprint density at radius 1 is 0.935 bits per heavy atom. The first kappa shape index (κ1) is 22.3. The Labute approximate surface area is 181 Å². The van der Waals surface area contributed by atoms with E-state index in [2.05, 4.69) is 5.32 Å². The summed E-state index contributed by atoms with van der Waals surface area (Å²) in [7, 11) is 0. The lowest BCUT2D eigenvalue weighted by molar-refractivity contribution is -0.116. The molecule has 1 heterocycles. The number of nitrogens with one attached hydrogen (secondary N) is 1. The van der Waals surface area contributed by atoms with Crippen LogP contribution in [0.25, 0.3) is 0 Å². The molecule has 0 bridgehead atoms. The van der Waals surface area contributed by atoms with E-state index in [1.54, 1.807) is 43.3 Å². The smallest absolute Gasteiger partial charge is 0.338 e. The molecule has 0 saturated carbocycles. The van der Waals surface area contributed by atoms with Gasteiger partial charge in [0.1, 0.15) is 0 Å². The summed E-state index contributed by atoms with van der Waals surface area (Å²) in [4.78, 5) is 36.8. The second-order valence-corrected chi connectivity index (χ2v) is 7.37. The third-order valence-corrected chi connectivity index (χ3v) is 4.93. The van der Waals surface area contributed by atoms with Crippen molar-refractivity contribution in [2.24, 2.45) is 0 Å². The molecular weight excluding hydrogens is 398 g/mol. The standard InChI is InChI=1S/C24H27NO6/c1-4-10-29-21-9-7-17(13-22(21)30-11-5-2)24(28)31-14-20(26)16-6-8-19-18(12-16)15(3)23(27)25-19/h6-9,12-13,15H,4-5,10-11,14H2,1-3H3,(H,25,27)/t15-/m1/s1. The van der Waals surface area contributed by atoms with Crippen LogP contribution in [0.1, 0.15) is 65.8 Å². The predicted molar refractivity (Wildman–Crippen MR) is 116 cm³/mol. The molecule has 2 aromatic rings. The quantitative estimate of drug-likeness (QED) is 0.449. The van der Waals surface area contributed by atoms with Gasteiger partial charge in [-0.2, -0.15) is 0 Å². The Balaban J connectivity index is 1.66. The Hall–Kier alpha value is -3.35. The number of ether oxygens (including phenoxy) is 3. The lowest BCUT2D eigenvalue weighted by atomic mass is 9.99. The van der Waals surface area contributed by atoms with Crippen molar-refractivity contribution in [3.63, 3.8) is 0 Å². The van der Waals surface area contributed by atoms with E-state index in [1.807, 2.05) is 13.8 Å². The van der Waals surface area contributed by atoms with Gasteiger partial charge in [0.25, 0.3) is 0 Å². The molecule has 1 N–H and O–H groups in total. The predicted octanol–water partition coefficient (Wildman–Crippen LogP) is 4.36. The van der Waals surface area contributed by atoms with E-state index in [9.17, 15) is 14.4 Å². The second kappa shape index (κ2) is 10.1. The number of fused-ring (bicyclic) bond motifs is 1. The van der Waals surface area contributed by atoms with Gasteiger partial charge in [0.05, 0.1) is 24.7 Å². The van der Waals surface area contributed by atoms with Crippen molar-refractivity contribution < 1.29 is 28.6 Å². The van der Waals surface area contributed by atoms with Crippen LogP contribution in [0.3, 0.4) is 0 Å². The zero-order valence-corrected chi connectivity index (χ0v) is 18.0. The van der Waals surface area contributed by atoms with E-state index in [4.69, 9.17) is 14.2 Å². The van der Waals surface area contributed by atoms with Crippen LogP contribution in [0.2, 0.25) is 0 Å². The highest BCUT2D eigenvalue weighted by molar-refractivity contribution is 6.05. The fourth-order valence-electron chi connectivity index (χ4n) is 3.18. The van der Waals surface area contributed by atoms with E-state index < -0.39 is 12.6 Å². The van der Waals surface area contributed by atoms with Gasteiger partial charge in [-0.25, -0.2) is 4.79 Å². The van der Waals surface area contributed by atoms with Crippen molar-refractivity contribution in [3.05, 3.63) is 53.1 Å². The number of anilines is 1. The summed E-state index contributed by atoms with van der Waals surface area (Å²) in [5, 5.41) is 2.76. The Morgan fingerprint density at radius 3 is 2.32 bits per heavy atom. The van der Waals surface area contributed by atoms with Crippen molar-refractivity contribution in [3.8, 4) is 11.5 Å². The van der Waals surface area contributed by atoms with E-state index >= 15 is 0 Å². The second-order valence-electron chi connectivity index (χ2n) is 7.37. The molecule has 0 fully saturated rings. The topological polar surface area (TPSA) is 90.9 Å². The molecule has 7 nitrogen and oxygen atoms in total. The van der Waals surface area contributed by atoms with Gasteiger partial charge >= 0.3 is 5.97 Å². The normalized spacial score (nSPS) is 14.5. The molecule has 0 saturated heterocycles. The molecule has 0 radical (unpaired) electrons. The maximum absolute atomic E-state index is 12.5. The minimum absolute atomic E-state index is 0.0986. The Morgan fingerprint density at radius 2 is 1.61 bits per heavy atom. The summed E-state index contributed by atoms with van der Waals surface area (Å²) in [5.74, 6) is -0.339. The number of ketones is 1. The van der Waals surface area contributed by atoms with E-state index in [-0.39, 0.29) is 23.2 Å². The SMILES string of the molecule is CCCOc1ccc(C(=O)OCC(=O)c2ccc3c(c2)[C@@H](C)C(=O)N3)cc1OCCC. The van der Waals surface area contributed by atoms with Crippen molar-refractivity contribution in [1.29, 1.82) is 0 Å². The summed E-state index contributed by atoms with van der Waals surface area (Å²) in [5.41, 5.74) is 2.14. The molecule has 0 spiro atoms. The summed E-state index contributed by atoms with van der Waals surface area (Å²) in [6.45, 7) is 6.41. The molecule has 0 unspecified atom stereocenters. The number of hydrogen-bond acceptors (Lipinski definition) is 6. The molecule has 1 aliphatic rings. The summed E-state index contributed by atoms with van der Waals surface area (Å²) >= 11 is 0. The zero-order valence-electron chi connectivity index (χ0n) is 18.0. The van der Waals surface area contributed by atoms with E-state index in [0.29, 0.717) is 36.0 Å². The fourth-order valence-corrected chi connectivity index (χ4v) is 3.18. The number of carbonyl (C=O) groups is 3. The third-order valence-electron chi connectivity index (χ3n) is 4.93. The van der Waals surface area contributed by atoms with Crippen LogP contribution >= 0.6 is 0 Å². The molecule has 1 aliphatic heterocycles. The first-order valence-electron chi connectivity index (χ1n) is 10.5. The number of rotatable bonds is 10. The number of amides is 1. The van der Waals surface area contributed by atoms with E-state index in [0.717, 1.165) is 18.4 Å². The van der Waals surface area contributed by atoms with Gasteiger partial charge in [-0.05, 0) is 61.7 Å². The largest absolute Gasteiger partial charge is 0.490 e. The molecule has 3 rings (SSSR count). The maximum atomic E-state index is 12.5. The molecule has 1 amide bonds. The van der Waals surface area contributed by atoms with Crippen molar-refractivity contribution in [2.75, 3.05) is 25.1 Å². The average Bonchev–Trinajstić information content (AvgIpc) is 3.07. The Kier molecular flexibility index (Phi) is 7.28. The number of hydrogen-bond donors (Lipinski definition) is 1. The van der Waals surface area contributed by atoms with Gasteiger partial charge in [-0.3, -0.25) is 9.59 Å². The van der Waals surface area contributed by atoms with Crippen LogP contribution in [0.4, 0.5) is 5.69 Å². The summed E-state index contributed by atoms with van der Waals surface area (Å²) in [6, 6.07) is 9.81. The summed E-state index contributed by atoms with van der Waals surface area (Å²) in [6.07, 6.45) is 1.67. The van der Waals surface area contributed by atoms with Gasteiger partial charge in [0.2, 0.25) is 5.91 Å². The van der Waals surface area contributed by atoms with Crippen LogP contribution in [0, 0.1) is 0 Å². The molecule has 2 aromatic carbocycles. The first-order chi connectivity index (χ1) is 14.9. The van der Waals surface area contributed by atoms with Crippen molar-refractivity contribution >= 4 is 23.3 Å². The van der Waals surface area contributed by atoms with Gasteiger partial charge in [0, 0.05) is 11.3 Å². The molecule has 31 heavy (non-hydrogen) atoms. The average molecular weight is 425 g/mol. The lowest BCUT2D eigenvalue weighted by Gasteiger charge is -2.13. The minimum Gasteiger partial charge on any atom is -0.490 e. The molecule has 164 valence electrons. The van der Waals surface area contributed by atoms with Crippen molar-refractivity contribution in [1.82, 2.24) is 0 Å². The van der Waals surface area contributed by atoms with Crippen LogP contribution in [-0.4, -0.2) is 37.5 Å². The first-order valence-corrected chi connectivity index (χ1v) is 10.5. The van der Waals surface area contributed by atoms with Crippen LogP contribution < -0.4 is 14.8 Å². The number of esters is 1. The highest BCUT2D eigenvalue weighted by atomic mass is 16.5. The number of carbonyl (C=O) groups excluding carboxylic acids is 3. The van der Waals surface area contributed by atoms with Crippen LogP contribution in [-0.2, 0) is 9.53 Å². The minimum atomic E-state index is -0.622. The molecule has 0 aromatic heterocycles. The van der Waals surface area contributed by atoms with Crippen molar-refractivity contribution in [2.45, 2.75) is 39.5 Å². The van der Waals surface area contributed by atoms with Crippen LogP contribution in [0.5, 0.6) is 11.5 Å². The molecular formula is C24H27NO6.